The molecule has 88 valence electrons. The van der Waals surface area contributed by atoms with Gasteiger partial charge in [0.15, 0.2) is 0 Å². The third-order valence-corrected chi connectivity index (χ3v) is 4.03. The number of nitrogens with one attached hydrogen (secondary N) is 1. The maximum atomic E-state index is 4.68. The number of nitrogens with zero attached hydrogens (tertiary/aromatic N) is 1. The molecule has 2 aromatic carbocycles. The minimum absolute atomic E-state index is 1.08. The molecule has 0 spiro atoms. The Bertz CT molecular complexity index is 689. The molecule has 0 aliphatic heterocycles. The molecule has 0 atom stereocenters. The number of aromatic nitrogens is 1. The molecular weight excluding hydrogens is 239 g/mol. The number of hydrogen-bond acceptors (Lipinski definition) is 3. The zero-order valence-electron chi connectivity index (χ0n) is 10.4. The van der Waals surface area contributed by atoms with Crippen LogP contribution in [-0.2, 0) is 0 Å². The number of hydrogen-bond donors (Lipinski definition) is 1. The monoisotopic (exact) mass is 252 g/mol. The van der Waals surface area contributed by atoms with Crippen LogP contribution in [0.4, 0.5) is 5.69 Å². The molecule has 18 heavy (non-hydrogen) atoms. The normalized spacial score (nSPS) is 10.7. The van der Waals surface area contributed by atoms with Crippen molar-refractivity contribution in [1.29, 1.82) is 0 Å². The molecule has 0 aliphatic carbocycles. The Kier molecular flexibility index (Phi) is 2.80. The molecule has 1 heterocycles. The van der Waals surface area contributed by atoms with Gasteiger partial charge in [-0.1, -0.05) is 11.5 Å². The Morgan fingerprint density at radius 2 is 1.89 bits per heavy atom. The first-order valence-electron chi connectivity index (χ1n) is 5.91. The van der Waals surface area contributed by atoms with E-state index in [0.717, 1.165) is 16.2 Å². The Balaban J connectivity index is 2.07. The minimum Gasteiger partial charge on any atom is -0.388 e. The standard InChI is InChI=1S/C14H13BN2S/c1-16-11-5-2-9(3-6-11)14-17-12-7-4-10(15)8-13(12)18-14/h2-8,16H,15H2,1H3. The smallest absolute Gasteiger partial charge is 0.139 e. The van der Waals surface area contributed by atoms with E-state index < -0.39 is 0 Å². The number of rotatable bonds is 2. The van der Waals surface area contributed by atoms with E-state index in [2.05, 4.69) is 60.6 Å². The lowest BCUT2D eigenvalue weighted by Crippen LogP contribution is -1.98. The molecule has 4 heteroatoms. The molecule has 3 rings (SSSR count). The average molecular weight is 252 g/mol. The number of fused-ring (bicyclic) bond motifs is 1. The van der Waals surface area contributed by atoms with Crippen molar-refractivity contribution in [3.05, 3.63) is 42.5 Å². The van der Waals surface area contributed by atoms with Crippen molar-refractivity contribution in [1.82, 2.24) is 4.98 Å². The molecule has 0 radical (unpaired) electrons. The summed E-state index contributed by atoms with van der Waals surface area (Å²) in [5.74, 6) is 0. The van der Waals surface area contributed by atoms with Crippen molar-refractivity contribution >= 4 is 40.5 Å². The Morgan fingerprint density at radius 3 is 2.61 bits per heavy atom. The van der Waals surface area contributed by atoms with Gasteiger partial charge in [-0.05, 0) is 36.4 Å². The summed E-state index contributed by atoms with van der Waals surface area (Å²) in [4.78, 5) is 4.68. The number of anilines is 1. The van der Waals surface area contributed by atoms with E-state index >= 15 is 0 Å². The summed E-state index contributed by atoms with van der Waals surface area (Å²) in [6.07, 6.45) is 0. The van der Waals surface area contributed by atoms with Gasteiger partial charge in [-0.3, -0.25) is 0 Å². The second kappa shape index (κ2) is 4.46. The van der Waals surface area contributed by atoms with Gasteiger partial charge in [0, 0.05) is 18.3 Å². The van der Waals surface area contributed by atoms with Crippen molar-refractivity contribution < 1.29 is 0 Å². The highest BCUT2D eigenvalue weighted by atomic mass is 32.1. The van der Waals surface area contributed by atoms with E-state index in [1.807, 2.05) is 7.05 Å². The summed E-state index contributed by atoms with van der Waals surface area (Å²) in [5.41, 5.74) is 4.66. The summed E-state index contributed by atoms with van der Waals surface area (Å²) >= 11 is 1.75. The summed E-state index contributed by atoms with van der Waals surface area (Å²) in [6, 6.07) is 14.8. The van der Waals surface area contributed by atoms with Crippen LogP contribution in [0.15, 0.2) is 42.5 Å². The fourth-order valence-corrected chi connectivity index (χ4v) is 3.00. The maximum Gasteiger partial charge on any atom is 0.139 e. The van der Waals surface area contributed by atoms with E-state index in [1.54, 1.807) is 11.3 Å². The van der Waals surface area contributed by atoms with Gasteiger partial charge in [0.05, 0.1) is 10.2 Å². The summed E-state index contributed by atoms with van der Waals surface area (Å²) < 4.78 is 1.25. The molecule has 0 amide bonds. The van der Waals surface area contributed by atoms with Crippen LogP contribution in [0.1, 0.15) is 0 Å². The van der Waals surface area contributed by atoms with E-state index in [9.17, 15) is 0 Å². The van der Waals surface area contributed by atoms with Crippen LogP contribution in [0.25, 0.3) is 20.8 Å². The number of benzene rings is 2. The summed E-state index contributed by atoms with van der Waals surface area (Å²) in [6.45, 7) is 0. The van der Waals surface area contributed by atoms with Gasteiger partial charge in [0.2, 0.25) is 0 Å². The Hall–Kier alpha value is -1.81. The second-order valence-electron chi connectivity index (χ2n) is 4.32. The largest absolute Gasteiger partial charge is 0.388 e. The highest BCUT2D eigenvalue weighted by molar-refractivity contribution is 7.21. The van der Waals surface area contributed by atoms with E-state index in [1.165, 1.54) is 15.7 Å². The van der Waals surface area contributed by atoms with Crippen molar-refractivity contribution in [3.8, 4) is 10.6 Å². The molecule has 1 aromatic heterocycles. The fourth-order valence-electron chi connectivity index (χ4n) is 1.93. The first kappa shape index (κ1) is 11.3. The highest BCUT2D eigenvalue weighted by Crippen LogP contribution is 2.30. The summed E-state index contributed by atoms with van der Waals surface area (Å²) in [7, 11) is 4.04. The Morgan fingerprint density at radius 1 is 1.11 bits per heavy atom. The van der Waals surface area contributed by atoms with Crippen LogP contribution in [0.5, 0.6) is 0 Å². The zero-order chi connectivity index (χ0) is 12.5. The van der Waals surface area contributed by atoms with E-state index in [4.69, 9.17) is 0 Å². The predicted octanol–water partition coefficient (Wildman–Crippen LogP) is 2.26. The van der Waals surface area contributed by atoms with Crippen LogP contribution in [-0.4, -0.2) is 19.9 Å². The molecule has 0 fully saturated rings. The lowest BCUT2D eigenvalue weighted by Gasteiger charge is -2.00. The molecule has 0 saturated heterocycles. The van der Waals surface area contributed by atoms with Crippen LogP contribution < -0.4 is 10.8 Å². The van der Waals surface area contributed by atoms with Gasteiger partial charge < -0.3 is 5.32 Å². The average Bonchev–Trinajstić information content (AvgIpc) is 2.81. The van der Waals surface area contributed by atoms with Crippen LogP contribution in [0.3, 0.4) is 0 Å². The van der Waals surface area contributed by atoms with Crippen LogP contribution in [0, 0.1) is 0 Å². The molecule has 2 nitrogen and oxygen atoms in total. The van der Waals surface area contributed by atoms with Gasteiger partial charge >= 0.3 is 0 Å². The van der Waals surface area contributed by atoms with Gasteiger partial charge in [-0.25, -0.2) is 4.98 Å². The summed E-state index contributed by atoms with van der Waals surface area (Å²) in [5, 5.41) is 4.20. The Labute approximate surface area is 111 Å². The lowest BCUT2D eigenvalue weighted by atomic mass is 9.97. The predicted molar refractivity (Wildman–Crippen MR) is 82.8 cm³/mol. The van der Waals surface area contributed by atoms with E-state index in [-0.39, 0.29) is 0 Å². The third kappa shape index (κ3) is 2.00. The second-order valence-corrected chi connectivity index (χ2v) is 5.35. The first-order valence-corrected chi connectivity index (χ1v) is 6.73. The van der Waals surface area contributed by atoms with Gasteiger partial charge in [-0.15, -0.1) is 11.3 Å². The van der Waals surface area contributed by atoms with Crippen molar-refractivity contribution in [2.75, 3.05) is 12.4 Å². The zero-order valence-corrected chi connectivity index (χ0v) is 11.2. The van der Waals surface area contributed by atoms with Crippen LogP contribution >= 0.6 is 11.3 Å². The van der Waals surface area contributed by atoms with E-state index in [0.29, 0.717) is 0 Å². The van der Waals surface area contributed by atoms with Crippen LogP contribution in [0.2, 0.25) is 0 Å². The maximum absolute atomic E-state index is 4.68. The topological polar surface area (TPSA) is 24.9 Å². The van der Waals surface area contributed by atoms with Crippen molar-refractivity contribution in [3.63, 3.8) is 0 Å². The van der Waals surface area contributed by atoms with Crippen molar-refractivity contribution in [2.24, 2.45) is 0 Å². The molecule has 0 aliphatic rings. The van der Waals surface area contributed by atoms with Gasteiger partial charge in [-0.2, -0.15) is 0 Å². The molecule has 0 unspecified atom stereocenters. The van der Waals surface area contributed by atoms with Gasteiger partial charge in [0.1, 0.15) is 12.9 Å². The fraction of sp³-hybridized carbons (Fsp3) is 0.0714. The van der Waals surface area contributed by atoms with Crippen molar-refractivity contribution in [2.45, 2.75) is 0 Å². The molecular formula is C14H13BN2S. The minimum atomic E-state index is 1.08. The SMILES string of the molecule is Bc1ccc2nc(-c3ccc(NC)cc3)sc2c1. The molecule has 1 N–H and O–H groups in total. The van der Waals surface area contributed by atoms with Gasteiger partial charge in [0.25, 0.3) is 0 Å². The molecule has 0 saturated carbocycles. The number of thiazole rings is 1. The third-order valence-electron chi connectivity index (χ3n) is 2.96. The first-order chi connectivity index (χ1) is 8.76. The molecule has 0 bridgehead atoms. The lowest BCUT2D eigenvalue weighted by molar-refractivity contribution is 1.46. The molecule has 3 aromatic rings. The quantitative estimate of drug-likeness (QED) is 0.708. The highest BCUT2D eigenvalue weighted by Gasteiger charge is 2.06.